The summed E-state index contributed by atoms with van der Waals surface area (Å²) in [7, 11) is 0. The molecule has 1 heterocycles. The molecule has 192 valence electrons. The maximum atomic E-state index is 13.1. The summed E-state index contributed by atoms with van der Waals surface area (Å²) in [4.78, 5) is 13.1. The van der Waals surface area contributed by atoms with Crippen molar-refractivity contribution in [1.82, 2.24) is 0 Å². The normalized spacial score (nSPS) is 11.2. The Morgan fingerprint density at radius 1 is 0.622 bits per heavy atom. The van der Waals surface area contributed by atoms with Crippen LogP contribution in [-0.2, 0) is 13.0 Å². The lowest BCUT2D eigenvalue weighted by molar-refractivity contribution is -0.646. The Labute approximate surface area is 223 Å². The highest BCUT2D eigenvalue weighted by Crippen LogP contribution is 2.22. The zero-order chi connectivity index (χ0) is 25.7. The molecule has 1 aromatic heterocycles. The van der Waals surface area contributed by atoms with Gasteiger partial charge in [0.1, 0.15) is 0 Å². The molecule has 37 heavy (non-hydrogen) atoms. The van der Waals surface area contributed by atoms with Crippen LogP contribution in [0.1, 0.15) is 87.1 Å². The van der Waals surface area contributed by atoms with E-state index in [-0.39, 0.29) is 5.78 Å². The lowest BCUT2D eigenvalue weighted by atomic mass is 10.0. The molecule has 2 nitrogen and oxygen atoms in total. The summed E-state index contributed by atoms with van der Waals surface area (Å²) in [6.45, 7) is 2.60. The van der Waals surface area contributed by atoms with Crippen LogP contribution in [0.15, 0.2) is 91.0 Å². The predicted octanol–water partition coefficient (Wildman–Crippen LogP) is 9.14. The molecule has 0 aliphatic heterocycles. The van der Waals surface area contributed by atoms with Crippen LogP contribution in [0.4, 0.5) is 0 Å². The Balaban J connectivity index is 1.37. The molecule has 0 amide bonds. The van der Waals surface area contributed by atoms with Crippen LogP contribution in [0, 0.1) is 0 Å². The van der Waals surface area contributed by atoms with Gasteiger partial charge in [0.15, 0.2) is 0 Å². The van der Waals surface area contributed by atoms with Gasteiger partial charge < -0.3 is 0 Å². The molecule has 0 N–H and O–H groups in total. The Bertz CT molecular complexity index is 1240. The topological polar surface area (TPSA) is 20.9 Å². The third kappa shape index (κ3) is 7.86. The minimum Gasteiger partial charge on any atom is -0.287 e. The van der Waals surface area contributed by atoms with Crippen molar-refractivity contribution in [2.45, 2.75) is 84.1 Å². The van der Waals surface area contributed by atoms with Crippen LogP contribution in [0.25, 0.3) is 22.2 Å². The molecule has 2 heteroatoms. The quantitative estimate of drug-likeness (QED) is 0.0920. The fourth-order valence-electron chi connectivity index (χ4n) is 5.20. The number of Topliss-reactive ketones (excluding diaryl/α,β-unsaturated/α-hetero) is 1. The smallest absolute Gasteiger partial charge is 0.227 e. The van der Waals surface area contributed by atoms with E-state index in [4.69, 9.17) is 0 Å². The average Bonchev–Trinajstić information content (AvgIpc) is 2.95. The van der Waals surface area contributed by atoms with Gasteiger partial charge in [0, 0.05) is 28.6 Å². The third-order valence-corrected chi connectivity index (χ3v) is 7.41. The zero-order valence-corrected chi connectivity index (χ0v) is 22.5. The summed E-state index contributed by atoms with van der Waals surface area (Å²) in [5.41, 5.74) is 5.46. The molecule has 0 saturated carbocycles. The van der Waals surface area contributed by atoms with Crippen molar-refractivity contribution in [1.29, 1.82) is 0 Å². The van der Waals surface area contributed by atoms with Gasteiger partial charge in [0.2, 0.25) is 23.5 Å². The van der Waals surface area contributed by atoms with E-state index in [0.717, 1.165) is 34.1 Å². The van der Waals surface area contributed by atoms with E-state index >= 15 is 0 Å². The number of aryl methyl sites for hydroxylation is 1. The highest BCUT2D eigenvalue weighted by Gasteiger charge is 2.21. The van der Waals surface area contributed by atoms with E-state index in [9.17, 15) is 4.79 Å². The molecule has 0 aliphatic rings. The van der Waals surface area contributed by atoms with E-state index < -0.39 is 0 Å². The minimum atomic E-state index is 0.126. The van der Waals surface area contributed by atoms with Crippen molar-refractivity contribution in [3.05, 3.63) is 102 Å². The maximum absolute atomic E-state index is 13.1. The number of nitrogens with zero attached hydrogens (tertiary/aromatic N) is 1. The minimum absolute atomic E-state index is 0.126. The number of unbranched alkanes of at least 4 members (excludes halogenated alkanes) is 9. The number of benzene rings is 3. The van der Waals surface area contributed by atoms with Gasteiger partial charge in [-0.3, -0.25) is 4.79 Å². The van der Waals surface area contributed by atoms with Crippen molar-refractivity contribution in [3.8, 4) is 11.3 Å². The largest absolute Gasteiger partial charge is 0.287 e. The van der Waals surface area contributed by atoms with Crippen LogP contribution >= 0.6 is 0 Å². The standard InChI is InChI=1S/C35H42NO/c1-2-3-4-5-6-7-8-9-10-12-17-29-22-24-31(25-23-29)34-27-26-30-18-15-16-21-33(30)36(34)28-35(37)32-19-13-11-14-20-32/h11,13-16,18-27H,2-10,12,17,28H2,1H3/q+1. The second-order valence-corrected chi connectivity index (χ2v) is 10.3. The van der Waals surface area contributed by atoms with Gasteiger partial charge in [-0.05, 0) is 42.7 Å². The van der Waals surface area contributed by atoms with E-state index in [2.05, 4.69) is 60.0 Å². The molecular formula is C35H42NO+. The summed E-state index contributed by atoms with van der Waals surface area (Å²) in [6.07, 6.45) is 14.8. The van der Waals surface area contributed by atoms with Crippen LogP contribution in [0.3, 0.4) is 0 Å². The molecule has 0 radical (unpaired) electrons. The lowest BCUT2D eigenvalue weighted by Crippen LogP contribution is -2.41. The highest BCUT2D eigenvalue weighted by molar-refractivity contribution is 5.95. The SMILES string of the molecule is CCCCCCCCCCCCc1ccc(-c2ccc3ccccc3[n+]2CC(=O)c2ccccc2)cc1. The molecule has 4 rings (SSSR count). The average molecular weight is 493 g/mol. The van der Waals surface area contributed by atoms with Crippen LogP contribution in [-0.4, -0.2) is 5.78 Å². The molecule has 0 bridgehead atoms. The number of fused-ring (bicyclic) bond motifs is 1. The summed E-state index contributed by atoms with van der Waals surface area (Å²) < 4.78 is 2.17. The van der Waals surface area contributed by atoms with Crippen molar-refractivity contribution in [2.24, 2.45) is 0 Å². The number of pyridine rings is 1. The molecule has 0 saturated heterocycles. The van der Waals surface area contributed by atoms with Crippen molar-refractivity contribution in [2.75, 3.05) is 0 Å². The first kappa shape index (κ1) is 26.8. The summed E-state index contributed by atoms with van der Waals surface area (Å²) in [5, 5.41) is 1.14. The van der Waals surface area contributed by atoms with Gasteiger partial charge in [-0.2, -0.15) is 4.57 Å². The Morgan fingerprint density at radius 2 is 1.24 bits per heavy atom. The van der Waals surface area contributed by atoms with E-state index in [0.29, 0.717) is 6.54 Å². The fourth-order valence-corrected chi connectivity index (χ4v) is 5.20. The van der Waals surface area contributed by atoms with E-state index in [1.165, 1.54) is 69.8 Å². The first-order chi connectivity index (χ1) is 18.3. The number of carbonyl (C=O) groups excluding carboxylic acids is 1. The first-order valence-corrected chi connectivity index (χ1v) is 14.4. The molecule has 0 spiro atoms. The van der Waals surface area contributed by atoms with Gasteiger partial charge >= 0.3 is 0 Å². The molecular weight excluding hydrogens is 450 g/mol. The monoisotopic (exact) mass is 492 g/mol. The van der Waals surface area contributed by atoms with Gasteiger partial charge in [0.25, 0.3) is 0 Å². The summed E-state index contributed by atoms with van der Waals surface area (Å²) in [5.74, 6) is 0.126. The first-order valence-electron chi connectivity index (χ1n) is 14.4. The van der Waals surface area contributed by atoms with Crippen molar-refractivity contribution < 1.29 is 9.36 Å². The Kier molecular flexibility index (Phi) is 10.5. The predicted molar refractivity (Wildman–Crippen MR) is 156 cm³/mol. The Morgan fingerprint density at radius 3 is 1.95 bits per heavy atom. The third-order valence-electron chi connectivity index (χ3n) is 7.41. The van der Waals surface area contributed by atoms with E-state index in [1.54, 1.807) is 0 Å². The van der Waals surface area contributed by atoms with Crippen molar-refractivity contribution in [3.63, 3.8) is 0 Å². The second-order valence-electron chi connectivity index (χ2n) is 10.3. The van der Waals surface area contributed by atoms with Gasteiger partial charge in [-0.25, -0.2) is 0 Å². The number of aromatic nitrogens is 1. The summed E-state index contributed by atoms with van der Waals surface area (Å²) in [6, 6.07) is 31.2. The number of hydrogen-bond donors (Lipinski definition) is 0. The second kappa shape index (κ2) is 14.5. The number of carbonyl (C=O) groups is 1. The van der Waals surface area contributed by atoms with Crippen LogP contribution in [0.2, 0.25) is 0 Å². The number of rotatable bonds is 15. The van der Waals surface area contributed by atoms with Gasteiger partial charge in [-0.1, -0.05) is 119 Å². The van der Waals surface area contributed by atoms with Crippen molar-refractivity contribution >= 4 is 16.7 Å². The molecule has 4 aromatic rings. The van der Waals surface area contributed by atoms with Crippen LogP contribution < -0.4 is 4.57 Å². The maximum Gasteiger partial charge on any atom is 0.227 e. The molecule has 3 aromatic carbocycles. The number of ketones is 1. The molecule has 0 atom stereocenters. The molecule has 0 unspecified atom stereocenters. The summed E-state index contributed by atoms with van der Waals surface area (Å²) >= 11 is 0. The molecule has 0 fully saturated rings. The Hall–Kier alpha value is -3.26. The highest BCUT2D eigenvalue weighted by atomic mass is 16.1. The zero-order valence-electron chi connectivity index (χ0n) is 22.5. The number of para-hydroxylation sites is 1. The molecule has 0 aliphatic carbocycles. The van der Waals surface area contributed by atoms with Gasteiger partial charge in [-0.15, -0.1) is 0 Å². The van der Waals surface area contributed by atoms with Gasteiger partial charge in [0.05, 0.1) is 0 Å². The van der Waals surface area contributed by atoms with Crippen LogP contribution in [0.5, 0.6) is 0 Å². The fraction of sp³-hybridized carbons (Fsp3) is 0.371. The lowest BCUT2D eigenvalue weighted by Gasteiger charge is -2.09. The van der Waals surface area contributed by atoms with E-state index in [1.807, 2.05) is 42.5 Å². The number of hydrogen-bond acceptors (Lipinski definition) is 1.